The molecule has 0 radical (unpaired) electrons. The number of rotatable bonds is 2. The Morgan fingerprint density at radius 2 is 2.20 bits per heavy atom. The summed E-state index contributed by atoms with van der Waals surface area (Å²) >= 11 is 5.96. The fourth-order valence-electron chi connectivity index (χ4n) is 3.04. The number of sulfonamides is 1. The van der Waals surface area contributed by atoms with E-state index in [9.17, 15) is 8.42 Å². The van der Waals surface area contributed by atoms with Gasteiger partial charge in [0.15, 0.2) is 5.03 Å². The van der Waals surface area contributed by atoms with Crippen LogP contribution in [0.25, 0.3) is 0 Å². The molecule has 1 aromatic heterocycles. The highest BCUT2D eigenvalue weighted by Gasteiger charge is 2.39. The third-order valence-corrected chi connectivity index (χ3v) is 6.42. The van der Waals surface area contributed by atoms with E-state index in [1.165, 1.54) is 10.9 Å². The van der Waals surface area contributed by atoms with E-state index in [0.717, 1.165) is 19.4 Å². The molecule has 1 aromatic rings. The summed E-state index contributed by atoms with van der Waals surface area (Å²) in [4.78, 5) is 0. The van der Waals surface area contributed by atoms with Crippen LogP contribution in [-0.4, -0.2) is 48.2 Å². The molecule has 2 aliphatic rings. The van der Waals surface area contributed by atoms with Crippen molar-refractivity contribution < 1.29 is 8.42 Å². The quantitative estimate of drug-likeness (QED) is 0.867. The fraction of sp³-hybridized carbons (Fsp3) is 0.727. The zero-order valence-corrected chi connectivity index (χ0v) is 13.5. The molecule has 114 valence electrons. The van der Waals surface area contributed by atoms with Gasteiger partial charge in [-0.2, -0.15) is 9.40 Å². The van der Waals surface area contributed by atoms with E-state index in [-0.39, 0.29) is 22.5 Å². The number of piperidine rings is 1. The van der Waals surface area contributed by atoms with Gasteiger partial charge in [-0.1, -0.05) is 11.6 Å². The molecule has 2 atom stereocenters. The highest BCUT2D eigenvalue weighted by atomic mass is 35.5. The minimum absolute atomic E-state index is 0. The lowest BCUT2D eigenvalue weighted by Gasteiger charge is -2.33. The average Bonchev–Trinajstić information content (AvgIpc) is 2.95. The van der Waals surface area contributed by atoms with E-state index in [1.54, 1.807) is 11.4 Å². The average molecular weight is 341 g/mol. The van der Waals surface area contributed by atoms with Crippen LogP contribution in [0.4, 0.5) is 0 Å². The molecule has 2 saturated heterocycles. The summed E-state index contributed by atoms with van der Waals surface area (Å²) in [5.74, 6) is 0.413. The van der Waals surface area contributed by atoms with E-state index in [2.05, 4.69) is 10.4 Å². The number of hydrogen-bond donors (Lipinski definition) is 1. The minimum Gasteiger partial charge on any atom is -0.314 e. The number of nitrogens with one attached hydrogen (secondary N) is 1. The normalized spacial score (nSPS) is 27.1. The first-order chi connectivity index (χ1) is 9.00. The summed E-state index contributed by atoms with van der Waals surface area (Å²) in [6.07, 6.45) is 3.27. The van der Waals surface area contributed by atoms with Crippen LogP contribution in [0.5, 0.6) is 0 Å². The van der Waals surface area contributed by atoms with Crippen LogP contribution in [0.1, 0.15) is 12.8 Å². The van der Waals surface area contributed by atoms with E-state index >= 15 is 0 Å². The first kappa shape index (κ1) is 16.0. The highest BCUT2D eigenvalue weighted by Crippen LogP contribution is 2.30. The Labute approximate surface area is 129 Å². The highest BCUT2D eigenvalue weighted by molar-refractivity contribution is 7.89. The molecule has 9 heteroatoms. The van der Waals surface area contributed by atoms with E-state index in [1.807, 2.05) is 0 Å². The summed E-state index contributed by atoms with van der Waals surface area (Å²) in [6, 6.07) is 0.466. The monoisotopic (exact) mass is 340 g/mol. The second-order valence-electron chi connectivity index (χ2n) is 5.18. The van der Waals surface area contributed by atoms with Gasteiger partial charge in [-0.25, -0.2) is 8.42 Å². The Balaban J connectivity index is 0.00000147. The second-order valence-corrected chi connectivity index (χ2v) is 7.44. The van der Waals surface area contributed by atoms with Gasteiger partial charge < -0.3 is 5.32 Å². The van der Waals surface area contributed by atoms with Gasteiger partial charge >= 0.3 is 0 Å². The lowest BCUT2D eigenvalue weighted by atomic mass is 9.95. The van der Waals surface area contributed by atoms with Crippen molar-refractivity contribution >= 4 is 34.0 Å². The maximum atomic E-state index is 12.6. The molecule has 0 saturated carbocycles. The Morgan fingerprint density at radius 1 is 1.45 bits per heavy atom. The Kier molecular flexibility index (Phi) is 4.66. The van der Waals surface area contributed by atoms with Crippen LogP contribution in [0.3, 0.4) is 0 Å². The van der Waals surface area contributed by atoms with Gasteiger partial charge in [0.2, 0.25) is 0 Å². The van der Waals surface area contributed by atoms with Crippen molar-refractivity contribution in [3.05, 3.63) is 11.2 Å². The summed E-state index contributed by atoms with van der Waals surface area (Å²) in [6.45, 7) is 2.09. The lowest BCUT2D eigenvalue weighted by Crippen LogP contribution is -2.47. The van der Waals surface area contributed by atoms with Crippen molar-refractivity contribution in [2.24, 2.45) is 13.0 Å². The predicted molar refractivity (Wildman–Crippen MR) is 78.7 cm³/mol. The van der Waals surface area contributed by atoms with E-state index < -0.39 is 10.0 Å². The van der Waals surface area contributed by atoms with Gasteiger partial charge in [-0.05, 0) is 25.3 Å². The van der Waals surface area contributed by atoms with Gasteiger partial charge in [0.25, 0.3) is 10.0 Å². The van der Waals surface area contributed by atoms with Crippen molar-refractivity contribution in [1.29, 1.82) is 0 Å². The second kappa shape index (κ2) is 5.81. The number of fused-ring (bicyclic) bond motifs is 1. The summed E-state index contributed by atoms with van der Waals surface area (Å²) in [5.41, 5.74) is 0. The third kappa shape index (κ3) is 2.57. The van der Waals surface area contributed by atoms with Crippen LogP contribution < -0.4 is 5.32 Å². The van der Waals surface area contributed by atoms with Gasteiger partial charge in [-0.3, -0.25) is 4.68 Å². The number of nitrogens with zero attached hydrogens (tertiary/aromatic N) is 3. The van der Waals surface area contributed by atoms with Crippen molar-refractivity contribution in [2.45, 2.75) is 23.9 Å². The maximum absolute atomic E-state index is 12.6. The molecule has 0 aromatic carbocycles. The largest absolute Gasteiger partial charge is 0.314 e. The van der Waals surface area contributed by atoms with Gasteiger partial charge in [-0.15, -0.1) is 12.4 Å². The summed E-state index contributed by atoms with van der Waals surface area (Å²) in [7, 11) is -1.94. The maximum Gasteiger partial charge on any atom is 0.261 e. The van der Waals surface area contributed by atoms with Crippen molar-refractivity contribution in [1.82, 2.24) is 19.4 Å². The molecule has 3 rings (SSSR count). The topological polar surface area (TPSA) is 67.2 Å². The van der Waals surface area contributed by atoms with E-state index in [4.69, 9.17) is 11.6 Å². The molecule has 1 N–H and O–H groups in total. The van der Waals surface area contributed by atoms with Crippen LogP contribution in [0, 0.1) is 5.92 Å². The molecular formula is C11H18Cl2N4O2S. The molecule has 6 nitrogen and oxygen atoms in total. The molecule has 0 amide bonds. The molecule has 3 heterocycles. The smallest absolute Gasteiger partial charge is 0.261 e. The molecule has 2 aliphatic heterocycles. The molecule has 2 unspecified atom stereocenters. The Bertz CT molecular complexity index is 570. The van der Waals surface area contributed by atoms with Crippen molar-refractivity contribution in [3.63, 3.8) is 0 Å². The number of hydrogen-bond acceptors (Lipinski definition) is 4. The SMILES string of the molecule is Cl.Cn1ncc(Cl)c1S(=O)(=O)N1CCC2NCCC2C1. The van der Waals surface area contributed by atoms with Gasteiger partial charge in [0.1, 0.15) is 0 Å². The molecule has 2 fully saturated rings. The van der Waals surface area contributed by atoms with Crippen LogP contribution in [-0.2, 0) is 17.1 Å². The Hall–Kier alpha value is -0.340. The molecular weight excluding hydrogens is 323 g/mol. The number of halogens is 2. The predicted octanol–water partition coefficient (Wildman–Crippen LogP) is 0.868. The molecule has 0 spiro atoms. The Morgan fingerprint density at radius 3 is 2.85 bits per heavy atom. The van der Waals surface area contributed by atoms with Gasteiger partial charge in [0.05, 0.1) is 11.2 Å². The minimum atomic E-state index is -3.54. The zero-order chi connectivity index (χ0) is 13.6. The van der Waals surface area contributed by atoms with Crippen LogP contribution in [0.15, 0.2) is 11.2 Å². The fourth-order valence-corrected chi connectivity index (χ4v) is 5.16. The zero-order valence-electron chi connectivity index (χ0n) is 11.1. The number of aryl methyl sites for hydroxylation is 1. The molecule has 20 heavy (non-hydrogen) atoms. The number of aromatic nitrogens is 2. The van der Waals surface area contributed by atoms with Crippen molar-refractivity contribution in [2.75, 3.05) is 19.6 Å². The van der Waals surface area contributed by atoms with Crippen LogP contribution in [0.2, 0.25) is 5.02 Å². The molecule has 0 bridgehead atoms. The summed E-state index contributed by atoms with van der Waals surface area (Å²) in [5, 5.41) is 7.62. The third-order valence-electron chi connectivity index (χ3n) is 4.05. The van der Waals surface area contributed by atoms with E-state index in [0.29, 0.717) is 25.0 Å². The summed E-state index contributed by atoms with van der Waals surface area (Å²) < 4.78 is 28.2. The first-order valence-corrected chi connectivity index (χ1v) is 8.23. The van der Waals surface area contributed by atoms with Gasteiger partial charge in [0, 0.05) is 26.2 Å². The molecule has 0 aliphatic carbocycles. The standard InChI is InChI=1S/C11H17ClN4O2S.ClH/c1-15-11(9(12)6-14-15)19(17,18)16-5-3-10-8(7-16)2-4-13-10;/h6,8,10,13H,2-5,7H2,1H3;1H. The lowest BCUT2D eigenvalue weighted by molar-refractivity contribution is 0.246. The van der Waals surface area contributed by atoms with Crippen LogP contribution >= 0.6 is 24.0 Å². The first-order valence-electron chi connectivity index (χ1n) is 6.41. The van der Waals surface area contributed by atoms with Crippen molar-refractivity contribution in [3.8, 4) is 0 Å².